The number of hydrogen-bond donors (Lipinski definition) is 1. The summed E-state index contributed by atoms with van der Waals surface area (Å²) in [6, 6.07) is 15.0. The molecule has 0 aliphatic carbocycles. The minimum atomic E-state index is -3.79. The molecule has 0 aromatic heterocycles. The van der Waals surface area contributed by atoms with Gasteiger partial charge in [-0.3, -0.25) is 4.79 Å². The van der Waals surface area contributed by atoms with Gasteiger partial charge in [-0.05, 0) is 50.6 Å². The van der Waals surface area contributed by atoms with E-state index >= 15 is 0 Å². The number of nitrogens with zero attached hydrogens (tertiary/aromatic N) is 3. The summed E-state index contributed by atoms with van der Waals surface area (Å²) in [5.74, 6) is -0.179. The van der Waals surface area contributed by atoms with Gasteiger partial charge in [0.25, 0.3) is 0 Å². The molecule has 210 valence electrons. The smallest absolute Gasteiger partial charge is 0.410 e. The van der Waals surface area contributed by atoms with Gasteiger partial charge in [-0.2, -0.15) is 4.31 Å². The average Bonchev–Trinajstić information content (AvgIpc) is 3.26. The van der Waals surface area contributed by atoms with Gasteiger partial charge >= 0.3 is 12.2 Å². The van der Waals surface area contributed by atoms with E-state index in [1.165, 1.54) is 26.2 Å². The zero-order valence-corrected chi connectivity index (χ0v) is 23.1. The molecule has 0 radical (unpaired) electrons. The van der Waals surface area contributed by atoms with Gasteiger partial charge in [0.15, 0.2) is 0 Å². The summed E-state index contributed by atoms with van der Waals surface area (Å²) in [6.45, 7) is 6.42. The van der Waals surface area contributed by atoms with E-state index in [0.717, 1.165) is 5.56 Å². The lowest BCUT2D eigenvalue weighted by Gasteiger charge is -2.33. The lowest BCUT2D eigenvalue weighted by Crippen LogP contribution is -2.50. The molecule has 2 fully saturated rings. The van der Waals surface area contributed by atoms with Gasteiger partial charge in [0.1, 0.15) is 12.2 Å². The Labute approximate surface area is 228 Å². The van der Waals surface area contributed by atoms with Crippen LogP contribution < -0.4 is 10.2 Å². The topological polar surface area (TPSA) is 126 Å². The molecule has 2 aromatic rings. The highest BCUT2D eigenvalue weighted by molar-refractivity contribution is 7.89. The molecule has 2 saturated heterocycles. The van der Waals surface area contributed by atoms with E-state index in [2.05, 4.69) is 5.32 Å². The number of amides is 3. The molecule has 1 atom stereocenters. The highest BCUT2D eigenvalue weighted by Crippen LogP contribution is 2.25. The Morgan fingerprint density at radius 2 is 1.62 bits per heavy atom. The van der Waals surface area contributed by atoms with Crippen LogP contribution in [0.4, 0.5) is 15.3 Å². The molecule has 2 aliphatic rings. The molecule has 0 saturated carbocycles. The molecule has 0 unspecified atom stereocenters. The minimum absolute atomic E-state index is 0.0985. The predicted molar refractivity (Wildman–Crippen MR) is 144 cm³/mol. The van der Waals surface area contributed by atoms with E-state index in [0.29, 0.717) is 5.69 Å². The number of benzene rings is 2. The van der Waals surface area contributed by atoms with Crippen LogP contribution in [0.15, 0.2) is 59.5 Å². The van der Waals surface area contributed by atoms with E-state index in [1.54, 1.807) is 32.9 Å². The van der Waals surface area contributed by atoms with Crippen LogP contribution in [0.5, 0.6) is 0 Å². The van der Waals surface area contributed by atoms with Crippen molar-refractivity contribution in [2.24, 2.45) is 0 Å². The van der Waals surface area contributed by atoms with Crippen LogP contribution in [-0.4, -0.2) is 80.1 Å². The zero-order chi connectivity index (χ0) is 28.2. The summed E-state index contributed by atoms with van der Waals surface area (Å²) >= 11 is 0. The van der Waals surface area contributed by atoms with Crippen molar-refractivity contribution in [2.45, 2.75) is 50.3 Å². The van der Waals surface area contributed by atoms with Crippen LogP contribution in [0.25, 0.3) is 0 Å². The lowest BCUT2D eigenvalue weighted by atomic mass is 10.2. The van der Waals surface area contributed by atoms with Crippen molar-refractivity contribution in [1.82, 2.24) is 14.5 Å². The number of hydrogen-bond acceptors (Lipinski definition) is 7. The molecule has 0 spiro atoms. The second-order valence-corrected chi connectivity index (χ2v) is 12.4. The third-order valence-corrected chi connectivity index (χ3v) is 8.25. The van der Waals surface area contributed by atoms with E-state index in [4.69, 9.17) is 9.47 Å². The van der Waals surface area contributed by atoms with Crippen molar-refractivity contribution >= 4 is 33.8 Å². The first-order chi connectivity index (χ1) is 18.4. The minimum Gasteiger partial charge on any atom is -0.445 e. The van der Waals surface area contributed by atoms with Crippen molar-refractivity contribution in [3.8, 4) is 0 Å². The molecule has 11 nitrogen and oxygen atoms in total. The molecule has 12 heteroatoms. The van der Waals surface area contributed by atoms with E-state index < -0.39 is 33.9 Å². The van der Waals surface area contributed by atoms with Crippen LogP contribution in [0.2, 0.25) is 0 Å². The van der Waals surface area contributed by atoms with E-state index in [1.807, 2.05) is 30.3 Å². The first-order valence-corrected chi connectivity index (χ1v) is 14.2. The average molecular weight is 559 g/mol. The van der Waals surface area contributed by atoms with Crippen molar-refractivity contribution < 1.29 is 32.3 Å². The standard InChI is InChI=1S/C27H34N4O7S/c1-27(2,3)38-25(33)28-21-17-24(32)31(18-21)22-9-11-23(12-10-22)39(35,36)30-15-13-29(14-16-30)26(34)37-19-20-7-5-4-6-8-20/h4-12,21H,13-19H2,1-3H3,(H,28,33)/t21-/m0/s1. The lowest BCUT2D eigenvalue weighted by molar-refractivity contribution is -0.117. The van der Waals surface area contributed by atoms with Crippen molar-refractivity contribution in [3.05, 3.63) is 60.2 Å². The molecule has 2 aliphatic heterocycles. The molecular weight excluding hydrogens is 524 g/mol. The summed E-state index contributed by atoms with van der Waals surface area (Å²) in [5.41, 5.74) is 0.769. The fourth-order valence-corrected chi connectivity index (χ4v) is 5.82. The number of anilines is 1. The number of piperazine rings is 1. The number of sulfonamides is 1. The summed E-state index contributed by atoms with van der Waals surface area (Å²) in [5, 5.41) is 2.71. The summed E-state index contributed by atoms with van der Waals surface area (Å²) < 4.78 is 38.4. The zero-order valence-electron chi connectivity index (χ0n) is 22.3. The first-order valence-electron chi connectivity index (χ1n) is 12.8. The Morgan fingerprint density at radius 3 is 2.23 bits per heavy atom. The monoisotopic (exact) mass is 558 g/mol. The van der Waals surface area contributed by atoms with Crippen molar-refractivity contribution in [2.75, 3.05) is 37.6 Å². The van der Waals surface area contributed by atoms with Gasteiger partial charge in [0, 0.05) is 44.8 Å². The van der Waals surface area contributed by atoms with Gasteiger partial charge in [-0.1, -0.05) is 30.3 Å². The number of rotatable bonds is 6. The fraction of sp³-hybridized carbons (Fsp3) is 0.444. The third-order valence-electron chi connectivity index (χ3n) is 6.33. The number of nitrogens with one attached hydrogen (secondary N) is 1. The number of carbonyl (C=O) groups is 3. The quantitative estimate of drug-likeness (QED) is 0.578. The maximum Gasteiger partial charge on any atom is 0.410 e. The molecule has 2 heterocycles. The number of alkyl carbamates (subject to hydrolysis) is 1. The molecule has 4 rings (SSSR count). The number of carbonyl (C=O) groups excluding carboxylic acids is 3. The van der Waals surface area contributed by atoms with Gasteiger partial charge in [0.2, 0.25) is 15.9 Å². The van der Waals surface area contributed by atoms with Crippen LogP contribution in [0, 0.1) is 0 Å². The third kappa shape index (κ3) is 7.27. The number of ether oxygens (including phenoxy) is 2. The van der Waals surface area contributed by atoms with Gasteiger partial charge in [-0.15, -0.1) is 0 Å². The van der Waals surface area contributed by atoms with Gasteiger partial charge in [-0.25, -0.2) is 18.0 Å². The molecule has 3 amide bonds. The Balaban J connectivity index is 1.30. The normalized spacial score (nSPS) is 18.6. The molecule has 1 N–H and O–H groups in total. The van der Waals surface area contributed by atoms with E-state index in [9.17, 15) is 22.8 Å². The summed E-state index contributed by atoms with van der Waals surface area (Å²) in [6.07, 6.45) is -0.944. The Kier molecular flexibility index (Phi) is 8.45. The second-order valence-electron chi connectivity index (χ2n) is 10.5. The molecule has 0 bridgehead atoms. The Bertz CT molecular complexity index is 1290. The second kappa shape index (κ2) is 11.6. The maximum atomic E-state index is 13.2. The van der Waals surface area contributed by atoms with Gasteiger partial charge in [0.05, 0.1) is 10.9 Å². The Hall–Kier alpha value is -3.64. The van der Waals surface area contributed by atoms with Crippen molar-refractivity contribution in [3.63, 3.8) is 0 Å². The van der Waals surface area contributed by atoms with Crippen LogP contribution in [0.3, 0.4) is 0 Å². The SMILES string of the molecule is CC(C)(C)OC(=O)N[C@H]1CC(=O)N(c2ccc(S(=O)(=O)N3CCN(C(=O)OCc4ccccc4)CC3)cc2)C1. The van der Waals surface area contributed by atoms with Crippen LogP contribution in [0.1, 0.15) is 32.8 Å². The Morgan fingerprint density at radius 1 is 0.974 bits per heavy atom. The fourth-order valence-electron chi connectivity index (χ4n) is 4.40. The van der Waals surface area contributed by atoms with Crippen LogP contribution in [-0.2, 0) is 30.9 Å². The highest BCUT2D eigenvalue weighted by atomic mass is 32.2. The van der Waals surface area contributed by atoms with Crippen LogP contribution >= 0.6 is 0 Å². The summed E-state index contributed by atoms with van der Waals surface area (Å²) in [4.78, 5) is 40.1. The van der Waals surface area contributed by atoms with Crippen molar-refractivity contribution in [1.29, 1.82) is 0 Å². The largest absolute Gasteiger partial charge is 0.445 e. The maximum absolute atomic E-state index is 13.2. The van der Waals surface area contributed by atoms with E-state index in [-0.39, 0.29) is 56.6 Å². The molecule has 2 aromatic carbocycles. The predicted octanol–water partition coefficient (Wildman–Crippen LogP) is 2.96. The molecular formula is C27H34N4O7S. The summed E-state index contributed by atoms with van der Waals surface area (Å²) in [7, 11) is -3.79. The highest BCUT2D eigenvalue weighted by Gasteiger charge is 2.34. The first kappa shape index (κ1) is 28.4. The molecule has 39 heavy (non-hydrogen) atoms. The van der Waals surface area contributed by atoms with Gasteiger partial charge < -0.3 is 24.6 Å².